The van der Waals surface area contributed by atoms with E-state index >= 15 is 0 Å². The fraction of sp³-hybridized carbons (Fsp3) is 0.200. The molecule has 0 heterocycles. The number of sulfonamides is 1. The maximum Gasteiger partial charge on any atom is 0.246 e. The van der Waals surface area contributed by atoms with E-state index in [9.17, 15) is 30.4 Å². The molecule has 2 aromatic carbocycles. The smallest absolute Gasteiger partial charge is 0.246 e. The van der Waals surface area contributed by atoms with Crippen LogP contribution in [0.4, 0.5) is 22.0 Å². The van der Waals surface area contributed by atoms with E-state index in [2.05, 4.69) is 0 Å². The molecule has 2 rings (SSSR count). The third kappa shape index (κ3) is 4.14. The Morgan fingerprint density at radius 2 is 1.36 bits per heavy atom. The van der Waals surface area contributed by atoms with Crippen LogP contribution >= 0.6 is 0 Å². The largest absolute Gasteiger partial charge is 0.326 e. The molecule has 0 bridgehead atoms. The minimum Gasteiger partial charge on any atom is -0.326 e. The second-order valence-corrected chi connectivity index (χ2v) is 6.90. The molecule has 1 atom stereocenters. The SMILES string of the molecule is N[C@H](CNS(=O)(=O)c1c(F)c(F)c(F)c(F)c1F)Cc1ccccc1. The summed E-state index contributed by atoms with van der Waals surface area (Å²) >= 11 is 0. The summed E-state index contributed by atoms with van der Waals surface area (Å²) < 4.78 is 92.1. The van der Waals surface area contributed by atoms with Crippen LogP contribution in [0.2, 0.25) is 0 Å². The van der Waals surface area contributed by atoms with Crippen molar-refractivity contribution in [1.82, 2.24) is 4.72 Å². The second-order valence-electron chi connectivity index (χ2n) is 5.20. The molecule has 0 aliphatic rings. The van der Waals surface area contributed by atoms with Gasteiger partial charge in [0, 0.05) is 12.6 Å². The molecule has 10 heteroatoms. The van der Waals surface area contributed by atoms with E-state index in [1.807, 2.05) is 0 Å². The first-order valence-corrected chi connectivity index (χ1v) is 8.44. The van der Waals surface area contributed by atoms with Crippen LogP contribution in [-0.4, -0.2) is 21.0 Å². The van der Waals surface area contributed by atoms with Crippen molar-refractivity contribution in [3.8, 4) is 0 Å². The molecular formula is C15H13F5N2O2S. The molecule has 3 N–H and O–H groups in total. The highest BCUT2D eigenvalue weighted by molar-refractivity contribution is 7.89. The topological polar surface area (TPSA) is 72.2 Å². The standard InChI is InChI=1S/C15H13F5N2O2S/c16-10-11(17)13(19)15(14(20)12(10)18)25(23,24)22-7-9(21)6-8-4-2-1-3-5-8/h1-5,9,22H,6-7,21H2/t9-/m0/s1. The maximum atomic E-state index is 13.6. The fourth-order valence-electron chi connectivity index (χ4n) is 2.10. The van der Waals surface area contributed by atoms with Crippen LogP contribution < -0.4 is 10.5 Å². The Hall–Kier alpha value is -2.04. The molecular weight excluding hydrogens is 367 g/mol. The van der Waals surface area contributed by atoms with E-state index in [0.717, 1.165) is 5.56 Å². The van der Waals surface area contributed by atoms with Gasteiger partial charge in [-0.05, 0) is 12.0 Å². The lowest BCUT2D eigenvalue weighted by atomic mass is 10.1. The van der Waals surface area contributed by atoms with Gasteiger partial charge in [0.2, 0.25) is 15.8 Å². The van der Waals surface area contributed by atoms with Crippen molar-refractivity contribution in [1.29, 1.82) is 0 Å². The number of nitrogens with two attached hydrogens (primary N) is 1. The number of hydrogen-bond donors (Lipinski definition) is 2. The second kappa shape index (κ2) is 7.46. The first-order chi connectivity index (χ1) is 11.6. The van der Waals surface area contributed by atoms with Crippen molar-refractivity contribution in [3.05, 3.63) is 65.0 Å². The third-order valence-corrected chi connectivity index (χ3v) is 4.76. The molecule has 0 spiro atoms. The van der Waals surface area contributed by atoms with Gasteiger partial charge in [-0.1, -0.05) is 30.3 Å². The number of nitrogens with one attached hydrogen (secondary N) is 1. The highest BCUT2D eigenvalue weighted by atomic mass is 32.2. The van der Waals surface area contributed by atoms with E-state index in [1.165, 1.54) is 0 Å². The molecule has 0 aliphatic carbocycles. The lowest BCUT2D eigenvalue weighted by Crippen LogP contribution is -2.39. The van der Waals surface area contributed by atoms with Crippen LogP contribution in [0, 0.1) is 29.1 Å². The van der Waals surface area contributed by atoms with E-state index in [-0.39, 0.29) is 6.42 Å². The highest BCUT2D eigenvalue weighted by Gasteiger charge is 2.33. The molecule has 0 fully saturated rings. The average Bonchev–Trinajstić information content (AvgIpc) is 2.57. The van der Waals surface area contributed by atoms with Gasteiger partial charge in [0.05, 0.1) is 0 Å². The predicted molar refractivity (Wildman–Crippen MR) is 79.5 cm³/mol. The summed E-state index contributed by atoms with van der Waals surface area (Å²) in [6.45, 7) is -0.462. The summed E-state index contributed by atoms with van der Waals surface area (Å²) in [4.78, 5) is -1.93. The van der Waals surface area contributed by atoms with Crippen LogP contribution in [0.15, 0.2) is 35.2 Å². The molecule has 0 amide bonds. The van der Waals surface area contributed by atoms with Crippen LogP contribution in [0.3, 0.4) is 0 Å². The Kier molecular flexibility index (Phi) is 5.76. The van der Waals surface area contributed by atoms with Gasteiger partial charge >= 0.3 is 0 Å². The first kappa shape index (κ1) is 19.3. The van der Waals surface area contributed by atoms with Gasteiger partial charge < -0.3 is 5.73 Å². The molecule has 0 aromatic heterocycles. The lowest BCUT2D eigenvalue weighted by Gasteiger charge is -2.14. The Bertz CT molecular complexity index is 846. The van der Waals surface area contributed by atoms with Gasteiger partial charge in [-0.25, -0.2) is 35.1 Å². The normalized spacial score (nSPS) is 13.0. The van der Waals surface area contributed by atoms with Crippen LogP contribution in [0.25, 0.3) is 0 Å². The van der Waals surface area contributed by atoms with Gasteiger partial charge in [-0.15, -0.1) is 0 Å². The van der Waals surface area contributed by atoms with Crippen LogP contribution in [0.5, 0.6) is 0 Å². The molecule has 136 valence electrons. The van der Waals surface area contributed by atoms with E-state index in [0.29, 0.717) is 0 Å². The molecule has 25 heavy (non-hydrogen) atoms. The van der Waals surface area contributed by atoms with Crippen LogP contribution in [-0.2, 0) is 16.4 Å². The fourth-order valence-corrected chi connectivity index (χ4v) is 3.33. The Labute approximate surface area is 140 Å². The minimum absolute atomic E-state index is 0.237. The molecule has 0 saturated heterocycles. The zero-order valence-corrected chi connectivity index (χ0v) is 13.4. The number of hydrogen-bond acceptors (Lipinski definition) is 3. The molecule has 0 unspecified atom stereocenters. The van der Waals surface area contributed by atoms with Crippen molar-refractivity contribution in [2.24, 2.45) is 5.73 Å². The average molecular weight is 380 g/mol. The number of rotatable bonds is 6. The zero-order valence-electron chi connectivity index (χ0n) is 12.6. The summed E-state index contributed by atoms with van der Waals surface area (Å²) in [6.07, 6.45) is 0.237. The Morgan fingerprint density at radius 1 is 0.880 bits per heavy atom. The van der Waals surface area contributed by atoms with Gasteiger partial charge in [0.1, 0.15) is 0 Å². The van der Waals surface area contributed by atoms with Crippen molar-refractivity contribution in [2.45, 2.75) is 17.4 Å². The van der Waals surface area contributed by atoms with Gasteiger partial charge in [-0.2, -0.15) is 0 Å². The first-order valence-electron chi connectivity index (χ1n) is 6.95. The highest BCUT2D eigenvalue weighted by Crippen LogP contribution is 2.26. The van der Waals surface area contributed by atoms with Crippen LogP contribution in [0.1, 0.15) is 5.56 Å². The predicted octanol–water partition coefficient (Wildman–Crippen LogP) is 2.23. The summed E-state index contributed by atoms with van der Waals surface area (Å²) in [5, 5.41) is 0. The number of benzene rings is 2. The van der Waals surface area contributed by atoms with Gasteiger partial charge in [0.25, 0.3) is 0 Å². The van der Waals surface area contributed by atoms with Gasteiger partial charge in [-0.3, -0.25) is 0 Å². The lowest BCUT2D eigenvalue weighted by molar-refractivity contribution is 0.357. The maximum absolute atomic E-state index is 13.6. The molecule has 0 saturated carbocycles. The summed E-state index contributed by atoms with van der Waals surface area (Å²) in [6, 6.07) is 7.93. The zero-order chi connectivity index (χ0) is 18.8. The minimum atomic E-state index is -5.00. The summed E-state index contributed by atoms with van der Waals surface area (Å²) in [5.41, 5.74) is 6.51. The molecule has 2 aromatic rings. The quantitative estimate of drug-likeness (QED) is 0.459. The van der Waals surface area contributed by atoms with E-state index < -0.39 is 56.6 Å². The Balaban J connectivity index is 2.20. The number of halogens is 5. The van der Waals surface area contributed by atoms with E-state index in [1.54, 1.807) is 35.1 Å². The Morgan fingerprint density at radius 3 is 1.88 bits per heavy atom. The summed E-state index contributed by atoms with van der Waals surface area (Å²) in [5.74, 6) is -12.0. The van der Waals surface area contributed by atoms with Crippen molar-refractivity contribution >= 4 is 10.0 Å². The van der Waals surface area contributed by atoms with Crippen molar-refractivity contribution < 1.29 is 30.4 Å². The van der Waals surface area contributed by atoms with Gasteiger partial charge in [0.15, 0.2) is 28.2 Å². The van der Waals surface area contributed by atoms with E-state index in [4.69, 9.17) is 5.73 Å². The monoisotopic (exact) mass is 380 g/mol. The molecule has 4 nitrogen and oxygen atoms in total. The molecule has 0 radical (unpaired) electrons. The van der Waals surface area contributed by atoms with Crippen molar-refractivity contribution in [3.63, 3.8) is 0 Å². The third-order valence-electron chi connectivity index (χ3n) is 3.31. The summed E-state index contributed by atoms with van der Waals surface area (Å²) in [7, 11) is -5.00. The molecule has 0 aliphatic heterocycles. The van der Waals surface area contributed by atoms with Crippen molar-refractivity contribution in [2.75, 3.05) is 6.54 Å².